The number of nitrogens with one attached hydrogen (secondary N) is 2. The standard InChI is InChI=1S/C12H18N4O/c1-3-13-8-7-10-14-9-5-6-11(17-4-2)16-12(9)15-10/h5-6,13H,3-4,7-8H2,1-2H3,(H,14,15,16). The molecule has 0 amide bonds. The van der Waals surface area contributed by atoms with Crippen LogP contribution in [0, 0.1) is 0 Å². The van der Waals surface area contributed by atoms with Crippen LogP contribution < -0.4 is 10.1 Å². The number of aromatic amines is 1. The summed E-state index contributed by atoms with van der Waals surface area (Å²) < 4.78 is 5.34. The normalized spacial score (nSPS) is 10.9. The third-order valence-electron chi connectivity index (χ3n) is 2.45. The molecule has 0 radical (unpaired) electrons. The predicted octanol–water partition coefficient (Wildman–Crippen LogP) is 1.51. The van der Waals surface area contributed by atoms with E-state index in [1.165, 1.54) is 0 Å². The monoisotopic (exact) mass is 234 g/mol. The maximum Gasteiger partial charge on any atom is 0.215 e. The van der Waals surface area contributed by atoms with Crippen LogP contribution in [-0.2, 0) is 6.42 Å². The molecule has 0 fully saturated rings. The van der Waals surface area contributed by atoms with Gasteiger partial charge in [0.15, 0.2) is 5.65 Å². The van der Waals surface area contributed by atoms with Gasteiger partial charge in [0.1, 0.15) is 5.82 Å². The van der Waals surface area contributed by atoms with E-state index >= 15 is 0 Å². The van der Waals surface area contributed by atoms with E-state index in [9.17, 15) is 0 Å². The van der Waals surface area contributed by atoms with Gasteiger partial charge >= 0.3 is 0 Å². The molecule has 2 aromatic heterocycles. The number of hydrogen-bond acceptors (Lipinski definition) is 4. The molecule has 0 bridgehead atoms. The third kappa shape index (κ3) is 2.94. The number of aromatic nitrogens is 3. The number of imidazole rings is 1. The number of nitrogens with zero attached hydrogens (tertiary/aromatic N) is 2. The van der Waals surface area contributed by atoms with Gasteiger partial charge in [0.25, 0.3) is 0 Å². The molecular weight excluding hydrogens is 216 g/mol. The van der Waals surface area contributed by atoms with Crippen LogP contribution in [0.15, 0.2) is 12.1 Å². The Labute approximate surface area is 101 Å². The quantitative estimate of drug-likeness (QED) is 0.744. The van der Waals surface area contributed by atoms with Crippen molar-refractivity contribution in [2.75, 3.05) is 19.7 Å². The minimum Gasteiger partial charge on any atom is -0.478 e. The van der Waals surface area contributed by atoms with Crippen molar-refractivity contribution in [1.82, 2.24) is 20.3 Å². The topological polar surface area (TPSA) is 62.8 Å². The maximum absolute atomic E-state index is 5.34. The van der Waals surface area contributed by atoms with E-state index in [1.807, 2.05) is 19.1 Å². The fourth-order valence-corrected chi connectivity index (χ4v) is 1.66. The third-order valence-corrected chi connectivity index (χ3v) is 2.45. The van der Waals surface area contributed by atoms with E-state index in [0.29, 0.717) is 12.5 Å². The van der Waals surface area contributed by atoms with E-state index in [2.05, 4.69) is 27.2 Å². The Morgan fingerprint density at radius 2 is 2.18 bits per heavy atom. The molecule has 2 rings (SSSR count). The van der Waals surface area contributed by atoms with Gasteiger partial charge in [0.05, 0.1) is 12.1 Å². The van der Waals surface area contributed by atoms with Gasteiger partial charge in [-0.25, -0.2) is 4.98 Å². The van der Waals surface area contributed by atoms with Gasteiger partial charge in [0, 0.05) is 19.0 Å². The molecule has 0 spiro atoms. The summed E-state index contributed by atoms with van der Waals surface area (Å²) in [4.78, 5) is 12.0. The first kappa shape index (κ1) is 11.9. The highest BCUT2D eigenvalue weighted by Crippen LogP contribution is 2.14. The summed E-state index contributed by atoms with van der Waals surface area (Å²) in [5.41, 5.74) is 1.68. The second-order valence-electron chi connectivity index (χ2n) is 3.74. The lowest BCUT2D eigenvalue weighted by Gasteiger charge is -1.99. The zero-order valence-electron chi connectivity index (χ0n) is 10.3. The van der Waals surface area contributed by atoms with Gasteiger partial charge in [-0.05, 0) is 19.5 Å². The highest BCUT2D eigenvalue weighted by Gasteiger charge is 2.05. The molecule has 2 heterocycles. The lowest BCUT2D eigenvalue weighted by atomic mass is 10.4. The number of likely N-dealkylation sites (N-methyl/N-ethyl adjacent to an activating group) is 1. The van der Waals surface area contributed by atoms with Crippen LogP contribution in [0.2, 0.25) is 0 Å². The van der Waals surface area contributed by atoms with E-state index < -0.39 is 0 Å². The van der Waals surface area contributed by atoms with Crippen molar-refractivity contribution in [1.29, 1.82) is 0 Å². The maximum atomic E-state index is 5.34. The van der Waals surface area contributed by atoms with Crippen LogP contribution in [0.25, 0.3) is 11.2 Å². The summed E-state index contributed by atoms with van der Waals surface area (Å²) in [6, 6.07) is 3.81. The molecule has 2 N–H and O–H groups in total. The van der Waals surface area contributed by atoms with Crippen molar-refractivity contribution >= 4 is 11.2 Å². The molecular formula is C12H18N4O. The Kier molecular flexibility index (Phi) is 3.93. The lowest BCUT2D eigenvalue weighted by molar-refractivity contribution is 0.328. The van der Waals surface area contributed by atoms with Crippen molar-refractivity contribution in [2.24, 2.45) is 0 Å². The van der Waals surface area contributed by atoms with Crippen molar-refractivity contribution < 1.29 is 4.74 Å². The first-order valence-electron chi connectivity index (χ1n) is 6.02. The van der Waals surface area contributed by atoms with Crippen molar-refractivity contribution in [3.05, 3.63) is 18.0 Å². The molecule has 0 aliphatic carbocycles. The average Bonchev–Trinajstić information content (AvgIpc) is 2.72. The minimum absolute atomic E-state index is 0.621. The first-order chi connectivity index (χ1) is 8.33. The summed E-state index contributed by atoms with van der Waals surface area (Å²) in [6.45, 7) is 6.56. The number of hydrogen-bond donors (Lipinski definition) is 2. The molecule has 5 nitrogen and oxygen atoms in total. The summed E-state index contributed by atoms with van der Waals surface area (Å²) in [6.07, 6.45) is 0.883. The van der Waals surface area contributed by atoms with E-state index in [0.717, 1.165) is 36.5 Å². The second kappa shape index (κ2) is 5.63. The Bertz CT molecular complexity index is 480. The van der Waals surface area contributed by atoms with E-state index in [4.69, 9.17) is 4.74 Å². The van der Waals surface area contributed by atoms with Crippen LogP contribution in [0.4, 0.5) is 0 Å². The SMILES string of the molecule is CCNCCc1nc2nc(OCC)ccc2[nH]1. The number of H-pyrrole nitrogens is 1. The Balaban J connectivity index is 2.12. The average molecular weight is 234 g/mol. The number of fused-ring (bicyclic) bond motifs is 1. The van der Waals surface area contributed by atoms with E-state index in [-0.39, 0.29) is 0 Å². The molecule has 17 heavy (non-hydrogen) atoms. The molecule has 0 aliphatic rings. The summed E-state index contributed by atoms with van der Waals surface area (Å²) in [7, 11) is 0. The summed E-state index contributed by atoms with van der Waals surface area (Å²) >= 11 is 0. The highest BCUT2D eigenvalue weighted by molar-refractivity contribution is 5.71. The van der Waals surface area contributed by atoms with Gasteiger partial charge < -0.3 is 15.0 Å². The molecule has 0 saturated heterocycles. The van der Waals surface area contributed by atoms with Crippen LogP contribution >= 0.6 is 0 Å². The molecule has 0 aromatic carbocycles. The van der Waals surface area contributed by atoms with Gasteiger partial charge in [0.2, 0.25) is 5.88 Å². The van der Waals surface area contributed by atoms with Crippen molar-refractivity contribution in [3.8, 4) is 5.88 Å². The van der Waals surface area contributed by atoms with Crippen molar-refractivity contribution in [3.63, 3.8) is 0 Å². The Hall–Kier alpha value is -1.62. The number of rotatable bonds is 6. The molecule has 0 unspecified atom stereocenters. The minimum atomic E-state index is 0.621. The van der Waals surface area contributed by atoms with Crippen LogP contribution in [0.1, 0.15) is 19.7 Å². The summed E-state index contributed by atoms with van der Waals surface area (Å²) in [5, 5.41) is 3.27. The number of ether oxygens (including phenoxy) is 1. The van der Waals surface area contributed by atoms with E-state index in [1.54, 1.807) is 0 Å². The smallest absolute Gasteiger partial charge is 0.215 e. The fourth-order valence-electron chi connectivity index (χ4n) is 1.66. The molecule has 2 aromatic rings. The Morgan fingerprint density at radius 3 is 2.94 bits per heavy atom. The Morgan fingerprint density at radius 1 is 1.29 bits per heavy atom. The predicted molar refractivity (Wildman–Crippen MR) is 67.3 cm³/mol. The zero-order valence-corrected chi connectivity index (χ0v) is 10.3. The lowest BCUT2D eigenvalue weighted by Crippen LogP contribution is -2.16. The van der Waals surface area contributed by atoms with Crippen LogP contribution in [-0.4, -0.2) is 34.6 Å². The zero-order chi connectivity index (χ0) is 12.1. The second-order valence-corrected chi connectivity index (χ2v) is 3.74. The first-order valence-corrected chi connectivity index (χ1v) is 6.02. The summed E-state index contributed by atoms with van der Waals surface area (Å²) in [5.74, 6) is 1.59. The van der Waals surface area contributed by atoms with Crippen LogP contribution in [0.5, 0.6) is 5.88 Å². The largest absolute Gasteiger partial charge is 0.478 e. The molecule has 0 saturated carbocycles. The van der Waals surface area contributed by atoms with Gasteiger partial charge in [-0.2, -0.15) is 4.98 Å². The fraction of sp³-hybridized carbons (Fsp3) is 0.500. The van der Waals surface area contributed by atoms with Gasteiger partial charge in [-0.15, -0.1) is 0 Å². The van der Waals surface area contributed by atoms with Crippen LogP contribution in [0.3, 0.4) is 0 Å². The number of pyridine rings is 1. The van der Waals surface area contributed by atoms with Gasteiger partial charge in [-0.1, -0.05) is 6.92 Å². The van der Waals surface area contributed by atoms with Crippen molar-refractivity contribution in [2.45, 2.75) is 20.3 Å². The highest BCUT2D eigenvalue weighted by atomic mass is 16.5. The molecule has 5 heteroatoms. The van der Waals surface area contributed by atoms with Gasteiger partial charge in [-0.3, -0.25) is 0 Å². The molecule has 0 atom stereocenters. The molecule has 0 aliphatic heterocycles. The molecule has 92 valence electrons.